The molecule has 0 saturated heterocycles. The monoisotopic (exact) mass is 244 g/mol. The van der Waals surface area contributed by atoms with Gasteiger partial charge in [-0.05, 0) is 26.7 Å². The summed E-state index contributed by atoms with van der Waals surface area (Å²) in [5.74, 6) is -1.13. The first-order valence-corrected chi connectivity index (χ1v) is 6.18. The molecule has 0 atom stereocenters. The summed E-state index contributed by atoms with van der Waals surface area (Å²) in [5.41, 5.74) is -1.22. The smallest absolute Gasteiger partial charge is 0.350 e. The van der Waals surface area contributed by atoms with E-state index in [0.717, 1.165) is 12.8 Å². The van der Waals surface area contributed by atoms with Crippen molar-refractivity contribution in [3.05, 3.63) is 0 Å². The van der Waals surface area contributed by atoms with E-state index >= 15 is 0 Å². The lowest BCUT2D eigenvalue weighted by molar-refractivity contribution is -0.184. The fourth-order valence-corrected chi connectivity index (χ4v) is 1.16. The van der Waals surface area contributed by atoms with Crippen molar-refractivity contribution in [2.75, 3.05) is 0 Å². The highest BCUT2D eigenvalue weighted by Crippen LogP contribution is 2.17. The molecule has 0 rings (SSSR count). The summed E-state index contributed by atoms with van der Waals surface area (Å²) in [7, 11) is 0. The van der Waals surface area contributed by atoms with Crippen molar-refractivity contribution in [3.63, 3.8) is 0 Å². The van der Waals surface area contributed by atoms with E-state index in [9.17, 15) is 9.59 Å². The predicted molar refractivity (Wildman–Crippen MR) is 65.5 cm³/mol. The molecular weight excluding hydrogens is 220 g/mol. The number of hydrogen-bond donors (Lipinski definition) is 0. The molecule has 4 nitrogen and oxygen atoms in total. The second-order valence-electron chi connectivity index (χ2n) is 4.93. The Balaban J connectivity index is 4.49. The Labute approximate surface area is 104 Å². The van der Waals surface area contributed by atoms with Gasteiger partial charge in [0.1, 0.15) is 6.10 Å². The number of esters is 2. The van der Waals surface area contributed by atoms with Gasteiger partial charge in [-0.25, -0.2) is 4.79 Å². The van der Waals surface area contributed by atoms with E-state index in [1.807, 2.05) is 13.8 Å². The molecule has 0 aromatic carbocycles. The maximum Gasteiger partial charge on any atom is 0.350 e. The van der Waals surface area contributed by atoms with E-state index < -0.39 is 17.5 Å². The highest BCUT2D eigenvalue weighted by molar-refractivity contribution is 5.83. The number of carbonyl (C=O) groups is 2. The van der Waals surface area contributed by atoms with E-state index in [4.69, 9.17) is 9.47 Å². The molecule has 0 spiro atoms. The zero-order valence-corrected chi connectivity index (χ0v) is 11.7. The van der Waals surface area contributed by atoms with Crippen LogP contribution in [0.3, 0.4) is 0 Å². The summed E-state index contributed by atoms with van der Waals surface area (Å²) in [4.78, 5) is 23.3. The number of rotatable bonds is 6. The zero-order chi connectivity index (χ0) is 13.6. The molecular formula is C13H24O4. The van der Waals surface area contributed by atoms with Crippen LogP contribution in [0.15, 0.2) is 0 Å². The van der Waals surface area contributed by atoms with E-state index in [1.165, 1.54) is 0 Å². The Hall–Kier alpha value is -1.06. The van der Waals surface area contributed by atoms with Crippen LogP contribution in [0.4, 0.5) is 0 Å². The van der Waals surface area contributed by atoms with Gasteiger partial charge in [0.05, 0.1) is 5.92 Å². The predicted octanol–water partition coefficient (Wildman–Crippen LogP) is 2.70. The van der Waals surface area contributed by atoms with Gasteiger partial charge in [0.25, 0.3) is 0 Å². The minimum atomic E-state index is -1.22. The van der Waals surface area contributed by atoms with Crippen molar-refractivity contribution in [2.24, 2.45) is 5.92 Å². The largest absolute Gasteiger partial charge is 0.459 e. The molecule has 0 aliphatic heterocycles. The van der Waals surface area contributed by atoms with Crippen molar-refractivity contribution in [1.29, 1.82) is 0 Å². The van der Waals surface area contributed by atoms with Gasteiger partial charge < -0.3 is 9.47 Å². The molecule has 0 heterocycles. The molecule has 4 heteroatoms. The fraction of sp³-hybridized carbons (Fsp3) is 0.846. The molecule has 0 bridgehead atoms. The van der Waals surface area contributed by atoms with Gasteiger partial charge in [0.15, 0.2) is 0 Å². The van der Waals surface area contributed by atoms with Crippen LogP contribution in [0.25, 0.3) is 0 Å². The van der Waals surface area contributed by atoms with Crippen LogP contribution in [-0.4, -0.2) is 23.6 Å². The Bertz CT molecular complexity index is 265. The number of hydrogen-bond acceptors (Lipinski definition) is 4. The third-order valence-corrected chi connectivity index (χ3v) is 2.50. The molecule has 0 aliphatic rings. The standard InChI is InChI=1S/C13H24O4/c1-7-10(8-2)16-12(15)13(5,6)17-11(14)9(3)4/h9-10H,7-8H2,1-6H3. The molecule has 0 aliphatic carbocycles. The van der Waals surface area contributed by atoms with Crippen LogP contribution in [0.5, 0.6) is 0 Å². The zero-order valence-electron chi connectivity index (χ0n) is 11.7. The van der Waals surface area contributed by atoms with Crippen LogP contribution in [0, 0.1) is 5.92 Å². The minimum absolute atomic E-state index is 0.112. The van der Waals surface area contributed by atoms with Crippen LogP contribution in [0.1, 0.15) is 54.4 Å². The van der Waals surface area contributed by atoms with E-state index in [2.05, 4.69) is 0 Å². The quantitative estimate of drug-likeness (QED) is 0.674. The lowest BCUT2D eigenvalue weighted by Gasteiger charge is -2.26. The first kappa shape index (κ1) is 15.9. The van der Waals surface area contributed by atoms with Gasteiger partial charge in [-0.15, -0.1) is 0 Å². The normalized spacial score (nSPS) is 11.8. The lowest BCUT2D eigenvalue weighted by Crippen LogP contribution is -2.41. The Morgan fingerprint density at radius 3 is 1.94 bits per heavy atom. The van der Waals surface area contributed by atoms with E-state index in [-0.39, 0.29) is 12.0 Å². The van der Waals surface area contributed by atoms with Crippen molar-refractivity contribution in [3.8, 4) is 0 Å². The SMILES string of the molecule is CCC(CC)OC(=O)C(C)(C)OC(=O)C(C)C. The van der Waals surface area contributed by atoms with Crippen LogP contribution < -0.4 is 0 Å². The van der Waals surface area contributed by atoms with Gasteiger partial charge in [0.2, 0.25) is 5.60 Å². The molecule has 0 unspecified atom stereocenters. The number of carbonyl (C=O) groups excluding carboxylic acids is 2. The molecule has 0 amide bonds. The average Bonchev–Trinajstić information content (AvgIpc) is 2.24. The summed E-state index contributed by atoms with van der Waals surface area (Å²) < 4.78 is 10.4. The summed E-state index contributed by atoms with van der Waals surface area (Å²) in [6.07, 6.45) is 1.41. The van der Waals surface area contributed by atoms with Crippen LogP contribution in [-0.2, 0) is 19.1 Å². The average molecular weight is 244 g/mol. The van der Waals surface area contributed by atoms with Crippen LogP contribution in [0.2, 0.25) is 0 Å². The number of ether oxygens (including phenoxy) is 2. The first-order valence-electron chi connectivity index (χ1n) is 6.18. The summed E-state index contributed by atoms with van der Waals surface area (Å²) in [6, 6.07) is 0. The first-order chi connectivity index (χ1) is 7.74. The van der Waals surface area contributed by atoms with E-state index in [0.29, 0.717) is 0 Å². The van der Waals surface area contributed by atoms with Crippen molar-refractivity contribution in [2.45, 2.75) is 66.1 Å². The van der Waals surface area contributed by atoms with Crippen molar-refractivity contribution < 1.29 is 19.1 Å². The molecule has 0 aromatic rings. The van der Waals surface area contributed by atoms with Gasteiger partial charge in [-0.2, -0.15) is 0 Å². The van der Waals surface area contributed by atoms with Crippen LogP contribution >= 0.6 is 0 Å². The Kier molecular flexibility index (Phi) is 6.21. The molecule has 0 N–H and O–H groups in total. The third kappa shape index (κ3) is 5.20. The Morgan fingerprint density at radius 1 is 1.12 bits per heavy atom. The fourth-order valence-electron chi connectivity index (χ4n) is 1.16. The maximum atomic E-state index is 11.9. The maximum absolute atomic E-state index is 11.9. The van der Waals surface area contributed by atoms with E-state index in [1.54, 1.807) is 27.7 Å². The molecule has 0 radical (unpaired) electrons. The topological polar surface area (TPSA) is 52.6 Å². The van der Waals surface area contributed by atoms with Gasteiger partial charge >= 0.3 is 11.9 Å². The molecule has 0 aromatic heterocycles. The van der Waals surface area contributed by atoms with Crippen molar-refractivity contribution in [1.82, 2.24) is 0 Å². The minimum Gasteiger partial charge on any atom is -0.459 e. The summed E-state index contributed by atoms with van der Waals surface area (Å²) in [6.45, 7) is 10.5. The third-order valence-electron chi connectivity index (χ3n) is 2.50. The van der Waals surface area contributed by atoms with Gasteiger partial charge in [0, 0.05) is 0 Å². The summed E-state index contributed by atoms with van der Waals surface area (Å²) >= 11 is 0. The molecule has 0 fully saturated rings. The highest BCUT2D eigenvalue weighted by atomic mass is 16.6. The highest BCUT2D eigenvalue weighted by Gasteiger charge is 2.35. The summed E-state index contributed by atoms with van der Waals surface area (Å²) in [5, 5.41) is 0. The second kappa shape index (κ2) is 6.62. The molecule has 0 saturated carbocycles. The Morgan fingerprint density at radius 2 is 1.59 bits per heavy atom. The van der Waals surface area contributed by atoms with Crippen molar-refractivity contribution >= 4 is 11.9 Å². The molecule has 100 valence electrons. The van der Waals surface area contributed by atoms with Gasteiger partial charge in [-0.1, -0.05) is 27.7 Å². The second-order valence-corrected chi connectivity index (χ2v) is 4.93. The molecule has 17 heavy (non-hydrogen) atoms. The van der Waals surface area contributed by atoms with Gasteiger partial charge in [-0.3, -0.25) is 4.79 Å². The lowest BCUT2D eigenvalue weighted by atomic mass is 10.1.